The number of thiazole rings is 1. The third kappa shape index (κ3) is 4.52. The highest BCUT2D eigenvalue weighted by atomic mass is 32.2. The molecule has 2 aromatic heterocycles. The fraction of sp³-hybridized carbons (Fsp3) is 0.227. The molecule has 148 valence electrons. The zero-order chi connectivity index (χ0) is 20.2. The lowest BCUT2D eigenvalue weighted by Gasteiger charge is -2.11. The van der Waals surface area contributed by atoms with Gasteiger partial charge in [-0.05, 0) is 38.1 Å². The van der Waals surface area contributed by atoms with Crippen LogP contribution in [0.4, 0.5) is 0 Å². The van der Waals surface area contributed by atoms with Gasteiger partial charge in [0.1, 0.15) is 5.82 Å². The van der Waals surface area contributed by atoms with Gasteiger partial charge < -0.3 is 9.88 Å². The van der Waals surface area contributed by atoms with Crippen LogP contribution in [0, 0.1) is 13.8 Å². The fourth-order valence-electron chi connectivity index (χ4n) is 3.26. The smallest absolute Gasteiger partial charge is 0.252 e. The van der Waals surface area contributed by atoms with E-state index in [-0.39, 0.29) is 5.91 Å². The highest BCUT2D eigenvalue weighted by molar-refractivity contribution is 7.98. The average molecular weight is 423 g/mol. The standard InChI is InChI=1S/C22H22N4OS2/c1-15-24-19-8-4-5-9-20(19)26(15)12-11-23-22(27)18-7-3-6-10-21(18)29-14-17-13-28-16(2)25-17/h3-10,13H,11-12,14H2,1-2H3,(H,23,27). The molecular formula is C22H22N4OS2. The highest BCUT2D eigenvalue weighted by Gasteiger charge is 2.12. The van der Waals surface area contributed by atoms with E-state index in [9.17, 15) is 4.79 Å². The Hall–Kier alpha value is -2.64. The maximum atomic E-state index is 12.8. The number of fused-ring (bicyclic) bond motifs is 1. The van der Waals surface area contributed by atoms with Crippen LogP contribution in [0.15, 0.2) is 58.8 Å². The van der Waals surface area contributed by atoms with Gasteiger partial charge in [0.2, 0.25) is 0 Å². The van der Waals surface area contributed by atoms with E-state index < -0.39 is 0 Å². The number of aryl methyl sites for hydroxylation is 2. The number of hydrogen-bond donors (Lipinski definition) is 1. The zero-order valence-electron chi connectivity index (χ0n) is 16.4. The van der Waals surface area contributed by atoms with Crippen LogP contribution in [0.3, 0.4) is 0 Å². The van der Waals surface area contributed by atoms with E-state index in [4.69, 9.17) is 0 Å². The predicted octanol–water partition coefficient (Wildman–Crippen LogP) is 4.83. The topological polar surface area (TPSA) is 59.8 Å². The number of carbonyl (C=O) groups is 1. The minimum Gasteiger partial charge on any atom is -0.350 e. The van der Waals surface area contributed by atoms with Gasteiger partial charge in [0.15, 0.2) is 0 Å². The monoisotopic (exact) mass is 422 g/mol. The second kappa shape index (κ2) is 8.80. The number of amides is 1. The van der Waals surface area contributed by atoms with Crippen LogP contribution in [-0.4, -0.2) is 27.0 Å². The zero-order valence-corrected chi connectivity index (χ0v) is 18.0. The SMILES string of the molecule is Cc1nc(CSc2ccccc2C(=O)NCCn2c(C)nc3ccccc32)cs1. The lowest BCUT2D eigenvalue weighted by Crippen LogP contribution is -2.27. The van der Waals surface area contributed by atoms with E-state index in [2.05, 4.69) is 31.3 Å². The molecule has 29 heavy (non-hydrogen) atoms. The van der Waals surface area contributed by atoms with Crippen molar-refractivity contribution in [3.63, 3.8) is 0 Å². The Labute approximate surface area is 178 Å². The molecule has 0 fully saturated rings. The first-order valence-electron chi connectivity index (χ1n) is 9.45. The summed E-state index contributed by atoms with van der Waals surface area (Å²) in [6.07, 6.45) is 0. The van der Waals surface area contributed by atoms with Gasteiger partial charge in [0, 0.05) is 29.1 Å². The third-order valence-corrected chi connectivity index (χ3v) is 6.57. The van der Waals surface area contributed by atoms with E-state index >= 15 is 0 Å². The number of para-hydroxylation sites is 2. The van der Waals surface area contributed by atoms with Crippen molar-refractivity contribution in [2.24, 2.45) is 0 Å². The van der Waals surface area contributed by atoms with Crippen molar-refractivity contribution < 1.29 is 4.79 Å². The lowest BCUT2D eigenvalue weighted by atomic mass is 10.2. The summed E-state index contributed by atoms with van der Waals surface area (Å²) in [6, 6.07) is 15.8. The first kappa shape index (κ1) is 19.7. The molecular weight excluding hydrogens is 400 g/mol. The van der Waals surface area contributed by atoms with Crippen molar-refractivity contribution in [2.75, 3.05) is 6.54 Å². The van der Waals surface area contributed by atoms with Crippen molar-refractivity contribution in [3.05, 3.63) is 76.0 Å². The van der Waals surface area contributed by atoms with Gasteiger partial charge in [0.05, 0.1) is 27.3 Å². The van der Waals surface area contributed by atoms with Gasteiger partial charge >= 0.3 is 0 Å². The number of aromatic nitrogens is 3. The van der Waals surface area contributed by atoms with Crippen LogP contribution in [0.25, 0.3) is 11.0 Å². The predicted molar refractivity (Wildman–Crippen MR) is 120 cm³/mol. The van der Waals surface area contributed by atoms with Crippen molar-refractivity contribution in [1.29, 1.82) is 0 Å². The summed E-state index contributed by atoms with van der Waals surface area (Å²) in [7, 11) is 0. The van der Waals surface area contributed by atoms with Gasteiger partial charge in [-0.2, -0.15) is 0 Å². The van der Waals surface area contributed by atoms with Crippen molar-refractivity contribution in [1.82, 2.24) is 19.9 Å². The van der Waals surface area contributed by atoms with E-state index in [1.54, 1.807) is 23.1 Å². The fourth-order valence-corrected chi connectivity index (χ4v) is 4.92. The van der Waals surface area contributed by atoms with E-state index in [1.165, 1.54) is 0 Å². The molecule has 4 rings (SSSR count). The van der Waals surface area contributed by atoms with Crippen LogP contribution in [-0.2, 0) is 12.3 Å². The molecule has 2 aromatic carbocycles. The van der Waals surface area contributed by atoms with Crippen molar-refractivity contribution >= 4 is 40.0 Å². The maximum absolute atomic E-state index is 12.8. The first-order chi connectivity index (χ1) is 14.1. The Balaban J connectivity index is 1.40. The molecule has 0 unspecified atom stereocenters. The summed E-state index contributed by atoms with van der Waals surface area (Å²) in [5, 5.41) is 6.19. The molecule has 1 amide bonds. The number of thioether (sulfide) groups is 1. The molecule has 5 nitrogen and oxygen atoms in total. The molecule has 0 saturated heterocycles. The molecule has 0 aliphatic rings. The number of benzene rings is 2. The summed E-state index contributed by atoms with van der Waals surface area (Å²) >= 11 is 3.30. The number of nitrogens with zero attached hydrogens (tertiary/aromatic N) is 3. The molecule has 0 saturated carbocycles. The summed E-state index contributed by atoms with van der Waals surface area (Å²) in [5.41, 5.74) is 3.83. The Bertz CT molecular complexity index is 1150. The number of carbonyl (C=O) groups excluding carboxylic acids is 1. The second-order valence-corrected chi connectivity index (χ2v) is 8.78. The van der Waals surface area contributed by atoms with Gasteiger partial charge in [-0.3, -0.25) is 4.79 Å². The van der Waals surface area contributed by atoms with Crippen LogP contribution in [0.2, 0.25) is 0 Å². The molecule has 4 aromatic rings. The number of hydrogen-bond acceptors (Lipinski definition) is 5. The molecule has 7 heteroatoms. The molecule has 0 aliphatic heterocycles. The van der Waals surface area contributed by atoms with Crippen LogP contribution >= 0.6 is 23.1 Å². The van der Waals surface area contributed by atoms with Gasteiger partial charge in [0.25, 0.3) is 5.91 Å². The molecule has 0 atom stereocenters. The van der Waals surface area contributed by atoms with E-state index in [1.807, 2.05) is 56.3 Å². The normalized spacial score (nSPS) is 11.1. The quantitative estimate of drug-likeness (QED) is 0.433. The molecule has 0 aliphatic carbocycles. The van der Waals surface area contributed by atoms with Gasteiger partial charge in [-0.15, -0.1) is 23.1 Å². The summed E-state index contributed by atoms with van der Waals surface area (Å²) in [5.74, 6) is 1.66. The summed E-state index contributed by atoms with van der Waals surface area (Å²) in [6.45, 7) is 5.23. The Kier molecular flexibility index (Phi) is 5.97. The minimum atomic E-state index is -0.0513. The Morgan fingerprint density at radius 3 is 2.72 bits per heavy atom. The molecule has 1 N–H and O–H groups in total. The Morgan fingerprint density at radius 1 is 1.10 bits per heavy atom. The second-order valence-electron chi connectivity index (χ2n) is 6.70. The molecule has 2 heterocycles. The number of imidazole rings is 1. The van der Waals surface area contributed by atoms with Crippen LogP contribution in [0.5, 0.6) is 0 Å². The lowest BCUT2D eigenvalue weighted by molar-refractivity contribution is 0.0949. The summed E-state index contributed by atoms with van der Waals surface area (Å²) in [4.78, 5) is 22.8. The average Bonchev–Trinajstić information content (AvgIpc) is 3.29. The van der Waals surface area contributed by atoms with E-state index in [0.29, 0.717) is 18.7 Å². The van der Waals surface area contributed by atoms with Gasteiger partial charge in [-0.1, -0.05) is 24.3 Å². The molecule has 0 spiro atoms. The first-order valence-corrected chi connectivity index (χ1v) is 11.3. The highest BCUT2D eigenvalue weighted by Crippen LogP contribution is 2.27. The van der Waals surface area contributed by atoms with E-state index in [0.717, 1.165) is 38.2 Å². The van der Waals surface area contributed by atoms with Crippen LogP contribution in [0.1, 0.15) is 26.9 Å². The van der Waals surface area contributed by atoms with Crippen molar-refractivity contribution in [2.45, 2.75) is 31.0 Å². The third-order valence-electron chi connectivity index (χ3n) is 4.64. The maximum Gasteiger partial charge on any atom is 0.252 e. The molecule has 0 bridgehead atoms. The Morgan fingerprint density at radius 2 is 1.90 bits per heavy atom. The molecule has 0 radical (unpaired) electrons. The largest absolute Gasteiger partial charge is 0.350 e. The van der Waals surface area contributed by atoms with Crippen molar-refractivity contribution in [3.8, 4) is 0 Å². The number of nitrogens with one attached hydrogen (secondary N) is 1. The minimum absolute atomic E-state index is 0.0513. The van der Waals surface area contributed by atoms with Gasteiger partial charge in [-0.25, -0.2) is 9.97 Å². The van der Waals surface area contributed by atoms with Crippen LogP contribution < -0.4 is 5.32 Å². The number of rotatable bonds is 7. The summed E-state index contributed by atoms with van der Waals surface area (Å²) < 4.78 is 2.14.